The molecular weight excluding hydrogens is 297 g/mol. The molecule has 0 atom stereocenters. The first kappa shape index (κ1) is 16.2. The molecule has 2 aromatic rings. The zero-order valence-electron chi connectivity index (χ0n) is 12.5. The predicted molar refractivity (Wildman–Crippen MR) is 82.9 cm³/mol. The highest BCUT2D eigenvalue weighted by atomic mass is 19.1. The number of benzene rings is 2. The molecule has 0 bridgehead atoms. The summed E-state index contributed by atoms with van der Waals surface area (Å²) in [6.07, 6.45) is 2.85. The fraction of sp³-hybridized carbons (Fsp3) is 0.111. The van der Waals surface area contributed by atoms with Gasteiger partial charge in [-0.1, -0.05) is 12.1 Å². The minimum absolute atomic E-state index is 0.0858. The highest BCUT2D eigenvalue weighted by Gasteiger charge is 2.07. The molecule has 2 rings (SSSR count). The number of nitrogens with zero attached hydrogens (tertiary/aromatic N) is 1. The lowest BCUT2D eigenvalue weighted by Gasteiger charge is -2.08. The number of carbonyl (C=O) groups excluding carboxylic acids is 1. The largest absolute Gasteiger partial charge is 0.496 e. The van der Waals surface area contributed by atoms with Gasteiger partial charge in [-0.15, -0.1) is 0 Å². The summed E-state index contributed by atoms with van der Waals surface area (Å²) in [5.74, 6) is -0.527. The van der Waals surface area contributed by atoms with Crippen molar-refractivity contribution in [2.24, 2.45) is 0 Å². The number of hydrogen-bond acceptors (Lipinski definition) is 4. The van der Waals surface area contributed by atoms with E-state index < -0.39 is 11.8 Å². The first-order chi connectivity index (χ1) is 11.1. The SMILES string of the molecule is COc1ccc(F)cc1COC(=O)/C=C/c1ccc(C#N)cc1. The summed E-state index contributed by atoms with van der Waals surface area (Å²) in [5.41, 5.74) is 1.76. The lowest BCUT2D eigenvalue weighted by Crippen LogP contribution is -2.02. The Morgan fingerprint density at radius 1 is 1.26 bits per heavy atom. The Balaban J connectivity index is 1.96. The Morgan fingerprint density at radius 2 is 2.00 bits per heavy atom. The molecule has 0 radical (unpaired) electrons. The summed E-state index contributed by atoms with van der Waals surface area (Å²) in [4.78, 5) is 11.7. The molecule has 0 heterocycles. The second-order valence-electron chi connectivity index (χ2n) is 4.63. The van der Waals surface area contributed by atoms with Crippen LogP contribution in [0.3, 0.4) is 0 Å². The maximum absolute atomic E-state index is 13.2. The second kappa shape index (κ2) is 7.76. The van der Waals surface area contributed by atoms with Gasteiger partial charge in [-0.25, -0.2) is 9.18 Å². The average Bonchev–Trinajstić information content (AvgIpc) is 2.58. The molecule has 116 valence electrons. The van der Waals surface area contributed by atoms with Gasteiger partial charge in [0.05, 0.1) is 18.7 Å². The number of ether oxygens (including phenoxy) is 2. The van der Waals surface area contributed by atoms with Gasteiger partial charge in [0.2, 0.25) is 0 Å². The molecule has 0 aliphatic carbocycles. The summed E-state index contributed by atoms with van der Waals surface area (Å²) < 4.78 is 23.4. The number of esters is 1. The lowest BCUT2D eigenvalue weighted by molar-refractivity contribution is -0.138. The van der Waals surface area contributed by atoms with Crippen LogP contribution in [0.25, 0.3) is 6.08 Å². The molecule has 0 saturated carbocycles. The number of hydrogen-bond donors (Lipinski definition) is 0. The van der Waals surface area contributed by atoms with Crippen LogP contribution in [0.4, 0.5) is 4.39 Å². The molecule has 0 aromatic heterocycles. The zero-order chi connectivity index (χ0) is 16.7. The molecule has 23 heavy (non-hydrogen) atoms. The van der Waals surface area contributed by atoms with Crippen LogP contribution in [0.15, 0.2) is 48.5 Å². The average molecular weight is 311 g/mol. The van der Waals surface area contributed by atoms with Gasteiger partial charge >= 0.3 is 5.97 Å². The molecule has 5 heteroatoms. The highest BCUT2D eigenvalue weighted by molar-refractivity contribution is 5.87. The predicted octanol–water partition coefficient (Wildman–Crippen LogP) is 3.46. The van der Waals surface area contributed by atoms with Crippen molar-refractivity contribution < 1.29 is 18.7 Å². The van der Waals surface area contributed by atoms with Crippen molar-refractivity contribution in [1.82, 2.24) is 0 Å². The van der Waals surface area contributed by atoms with Crippen LogP contribution in [0.1, 0.15) is 16.7 Å². The molecule has 0 saturated heterocycles. The molecule has 0 amide bonds. The van der Waals surface area contributed by atoms with E-state index in [9.17, 15) is 9.18 Å². The zero-order valence-corrected chi connectivity index (χ0v) is 12.5. The summed E-state index contributed by atoms with van der Waals surface area (Å²) >= 11 is 0. The van der Waals surface area contributed by atoms with Crippen molar-refractivity contribution >= 4 is 12.0 Å². The highest BCUT2D eigenvalue weighted by Crippen LogP contribution is 2.20. The fourth-order valence-electron chi connectivity index (χ4n) is 1.89. The Kier molecular flexibility index (Phi) is 5.48. The smallest absolute Gasteiger partial charge is 0.331 e. The fourth-order valence-corrected chi connectivity index (χ4v) is 1.89. The van der Waals surface area contributed by atoms with Gasteiger partial charge in [-0.2, -0.15) is 5.26 Å². The Hall–Kier alpha value is -3.13. The number of rotatable bonds is 5. The van der Waals surface area contributed by atoms with Crippen molar-refractivity contribution in [3.63, 3.8) is 0 Å². The normalized spacial score (nSPS) is 10.3. The third-order valence-electron chi connectivity index (χ3n) is 3.06. The van der Waals surface area contributed by atoms with Crippen LogP contribution in [0.5, 0.6) is 5.75 Å². The standard InChI is InChI=1S/C18H14FNO3/c1-22-17-8-7-16(19)10-15(17)12-23-18(21)9-6-13-2-4-14(11-20)5-3-13/h2-10H,12H2,1H3/b9-6+. The molecule has 2 aromatic carbocycles. The van der Waals surface area contributed by atoms with Crippen LogP contribution in [-0.2, 0) is 16.1 Å². The minimum Gasteiger partial charge on any atom is -0.496 e. The van der Waals surface area contributed by atoms with E-state index in [1.165, 1.54) is 31.4 Å². The molecule has 0 spiro atoms. The van der Waals surface area contributed by atoms with E-state index in [0.29, 0.717) is 16.9 Å². The molecular formula is C18H14FNO3. The number of nitriles is 1. The quantitative estimate of drug-likeness (QED) is 0.627. The third-order valence-corrected chi connectivity index (χ3v) is 3.06. The summed E-state index contributed by atoms with van der Waals surface area (Å²) in [6, 6.07) is 12.8. The van der Waals surface area contributed by atoms with Crippen LogP contribution in [-0.4, -0.2) is 13.1 Å². The van der Waals surface area contributed by atoms with E-state index in [0.717, 1.165) is 5.56 Å². The number of methoxy groups -OCH3 is 1. The van der Waals surface area contributed by atoms with Crippen molar-refractivity contribution in [2.45, 2.75) is 6.61 Å². The molecule has 0 aliphatic rings. The summed E-state index contributed by atoms with van der Waals surface area (Å²) in [6.45, 7) is -0.0858. The minimum atomic E-state index is -0.555. The maximum Gasteiger partial charge on any atom is 0.331 e. The lowest BCUT2D eigenvalue weighted by atomic mass is 10.1. The van der Waals surface area contributed by atoms with Crippen LogP contribution in [0.2, 0.25) is 0 Å². The van der Waals surface area contributed by atoms with Gasteiger partial charge < -0.3 is 9.47 Å². The number of halogens is 1. The molecule has 4 nitrogen and oxygen atoms in total. The van der Waals surface area contributed by atoms with Gasteiger partial charge in [0, 0.05) is 11.6 Å². The van der Waals surface area contributed by atoms with E-state index in [2.05, 4.69) is 0 Å². The van der Waals surface area contributed by atoms with E-state index in [-0.39, 0.29) is 6.61 Å². The van der Waals surface area contributed by atoms with Crippen LogP contribution in [0, 0.1) is 17.1 Å². The Morgan fingerprint density at radius 3 is 2.65 bits per heavy atom. The van der Waals surface area contributed by atoms with Crippen molar-refractivity contribution in [3.05, 3.63) is 71.0 Å². The molecule has 0 unspecified atom stereocenters. The van der Waals surface area contributed by atoms with E-state index >= 15 is 0 Å². The monoisotopic (exact) mass is 311 g/mol. The molecule has 0 N–H and O–H groups in total. The molecule has 0 fully saturated rings. The van der Waals surface area contributed by atoms with Crippen LogP contribution < -0.4 is 4.74 Å². The van der Waals surface area contributed by atoms with Gasteiger partial charge in [-0.05, 0) is 42.0 Å². The maximum atomic E-state index is 13.2. The molecule has 0 aliphatic heterocycles. The van der Waals surface area contributed by atoms with Crippen molar-refractivity contribution in [3.8, 4) is 11.8 Å². The van der Waals surface area contributed by atoms with Gasteiger partial charge in [-0.3, -0.25) is 0 Å². The van der Waals surface area contributed by atoms with E-state index in [4.69, 9.17) is 14.7 Å². The summed E-state index contributed by atoms with van der Waals surface area (Å²) in [7, 11) is 1.46. The van der Waals surface area contributed by atoms with Gasteiger partial charge in [0.25, 0.3) is 0 Å². The Labute approximate surface area is 133 Å². The Bertz CT molecular complexity index is 761. The second-order valence-corrected chi connectivity index (χ2v) is 4.63. The first-order valence-electron chi connectivity index (χ1n) is 6.80. The van der Waals surface area contributed by atoms with Crippen molar-refractivity contribution in [2.75, 3.05) is 7.11 Å². The summed E-state index contributed by atoms with van der Waals surface area (Å²) in [5, 5.41) is 8.71. The topological polar surface area (TPSA) is 59.3 Å². The van der Waals surface area contributed by atoms with Crippen molar-refractivity contribution in [1.29, 1.82) is 5.26 Å². The van der Waals surface area contributed by atoms with Gasteiger partial charge in [0.15, 0.2) is 0 Å². The van der Waals surface area contributed by atoms with Crippen LogP contribution >= 0.6 is 0 Å². The number of carbonyl (C=O) groups is 1. The van der Waals surface area contributed by atoms with E-state index in [1.807, 2.05) is 6.07 Å². The van der Waals surface area contributed by atoms with E-state index in [1.54, 1.807) is 30.3 Å². The first-order valence-corrected chi connectivity index (χ1v) is 6.80. The third kappa shape index (κ3) is 4.68. The van der Waals surface area contributed by atoms with Gasteiger partial charge in [0.1, 0.15) is 18.2 Å².